The third-order valence-corrected chi connectivity index (χ3v) is 3.99. The zero-order valence-corrected chi connectivity index (χ0v) is 13.8. The van der Waals surface area contributed by atoms with E-state index < -0.39 is 0 Å². The highest BCUT2D eigenvalue weighted by molar-refractivity contribution is 5.92. The van der Waals surface area contributed by atoms with Gasteiger partial charge in [0, 0.05) is 45.4 Å². The molecule has 0 saturated carbocycles. The topological polar surface area (TPSA) is 54.5 Å². The van der Waals surface area contributed by atoms with E-state index in [1.165, 1.54) is 0 Å². The molecular formula is C17H27N3O2. The molecule has 0 aliphatic carbocycles. The van der Waals surface area contributed by atoms with Crippen LogP contribution in [-0.4, -0.2) is 55.2 Å². The summed E-state index contributed by atoms with van der Waals surface area (Å²) in [7, 11) is 1.75. The van der Waals surface area contributed by atoms with Crippen molar-refractivity contribution in [2.75, 3.05) is 33.3 Å². The lowest BCUT2D eigenvalue weighted by atomic mass is 10.1. The van der Waals surface area contributed by atoms with Crippen molar-refractivity contribution in [3.05, 3.63) is 29.6 Å². The lowest BCUT2D eigenvalue weighted by Gasteiger charge is -2.38. The van der Waals surface area contributed by atoms with Gasteiger partial charge in [0.2, 0.25) is 0 Å². The average molecular weight is 305 g/mol. The Hall–Kier alpha value is -1.46. The number of pyridine rings is 1. The van der Waals surface area contributed by atoms with Gasteiger partial charge in [-0.1, -0.05) is 19.9 Å². The van der Waals surface area contributed by atoms with Crippen molar-refractivity contribution in [1.82, 2.24) is 15.2 Å². The molecule has 1 amide bonds. The van der Waals surface area contributed by atoms with Gasteiger partial charge < -0.3 is 10.1 Å². The van der Waals surface area contributed by atoms with Crippen LogP contribution in [0.5, 0.6) is 0 Å². The molecule has 0 spiro atoms. The molecule has 0 aromatic carbocycles. The Balaban J connectivity index is 1.78. The molecule has 1 aromatic heterocycles. The van der Waals surface area contributed by atoms with Gasteiger partial charge in [-0.3, -0.25) is 9.69 Å². The van der Waals surface area contributed by atoms with E-state index in [0.717, 1.165) is 38.2 Å². The molecule has 0 bridgehead atoms. The van der Waals surface area contributed by atoms with Gasteiger partial charge >= 0.3 is 0 Å². The van der Waals surface area contributed by atoms with E-state index in [-0.39, 0.29) is 5.91 Å². The number of ether oxygens (including phenoxy) is 1. The van der Waals surface area contributed by atoms with E-state index in [1.54, 1.807) is 13.2 Å². The Bertz CT molecular complexity index is 485. The Morgan fingerprint density at radius 1 is 1.45 bits per heavy atom. The molecule has 1 saturated heterocycles. The van der Waals surface area contributed by atoms with Crippen LogP contribution in [0.4, 0.5) is 0 Å². The first-order valence-corrected chi connectivity index (χ1v) is 8.07. The normalized spacial score (nSPS) is 15.8. The second kappa shape index (κ2) is 8.25. The maximum Gasteiger partial charge on any atom is 0.269 e. The monoisotopic (exact) mass is 305 g/mol. The highest BCUT2D eigenvalue weighted by Gasteiger charge is 2.25. The SMILES string of the molecule is COC1CN(CCc2cccc(C(=O)NCCC(C)C)n2)C1. The third kappa shape index (κ3) is 5.07. The van der Waals surface area contributed by atoms with Crippen molar-refractivity contribution in [2.45, 2.75) is 32.8 Å². The minimum Gasteiger partial charge on any atom is -0.379 e. The van der Waals surface area contributed by atoms with Crippen LogP contribution < -0.4 is 5.32 Å². The summed E-state index contributed by atoms with van der Waals surface area (Å²) in [5.74, 6) is 0.512. The van der Waals surface area contributed by atoms with Crippen LogP contribution in [0.3, 0.4) is 0 Å². The van der Waals surface area contributed by atoms with Crippen LogP contribution >= 0.6 is 0 Å². The van der Waals surface area contributed by atoms with Gasteiger partial charge in [-0.25, -0.2) is 4.98 Å². The van der Waals surface area contributed by atoms with Crippen LogP contribution in [0, 0.1) is 5.92 Å². The molecule has 2 heterocycles. The van der Waals surface area contributed by atoms with Crippen LogP contribution in [0.1, 0.15) is 36.5 Å². The third-order valence-electron chi connectivity index (χ3n) is 3.99. The maximum atomic E-state index is 12.1. The van der Waals surface area contributed by atoms with Gasteiger partial charge in [0.05, 0.1) is 6.10 Å². The lowest BCUT2D eigenvalue weighted by Crippen LogP contribution is -2.52. The number of hydrogen-bond donors (Lipinski definition) is 1. The average Bonchev–Trinajstić information content (AvgIpc) is 2.45. The summed E-state index contributed by atoms with van der Waals surface area (Å²) >= 11 is 0. The number of carbonyl (C=O) groups is 1. The zero-order chi connectivity index (χ0) is 15.9. The van der Waals surface area contributed by atoms with Crippen molar-refractivity contribution in [3.63, 3.8) is 0 Å². The fourth-order valence-electron chi connectivity index (χ4n) is 2.44. The summed E-state index contributed by atoms with van der Waals surface area (Å²) in [5.41, 5.74) is 1.48. The van der Waals surface area contributed by atoms with Crippen LogP contribution in [0.2, 0.25) is 0 Å². The summed E-state index contributed by atoms with van der Waals surface area (Å²) < 4.78 is 5.26. The fraction of sp³-hybridized carbons (Fsp3) is 0.647. The molecule has 2 rings (SSSR count). The number of likely N-dealkylation sites (tertiary alicyclic amines) is 1. The predicted molar refractivity (Wildman–Crippen MR) is 87.0 cm³/mol. The van der Waals surface area contributed by atoms with Crippen molar-refractivity contribution >= 4 is 5.91 Å². The molecule has 5 heteroatoms. The van der Waals surface area contributed by atoms with E-state index in [9.17, 15) is 4.79 Å². The molecular weight excluding hydrogens is 278 g/mol. The quantitative estimate of drug-likeness (QED) is 0.795. The Morgan fingerprint density at radius 3 is 2.91 bits per heavy atom. The van der Waals surface area contributed by atoms with Gasteiger partial charge in [0.1, 0.15) is 5.69 Å². The van der Waals surface area contributed by atoms with Crippen LogP contribution in [0.15, 0.2) is 18.2 Å². The smallest absolute Gasteiger partial charge is 0.269 e. The second-order valence-corrected chi connectivity index (χ2v) is 6.32. The van der Waals surface area contributed by atoms with Gasteiger partial charge in [-0.05, 0) is 24.5 Å². The molecule has 1 aliphatic heterocycles. The number of methoxy groups -OCH3 is 1. The first kappa shape index (κ1) is 16.9. The van der Waals surface area contributed by atoms with Crippen molar-refractivity contribution in [2.24, 2.45) is 5.92 Å². The standard InChI is InChI=1S/C17H27N3O2/c1-13(2)7-9-18-17(21)16-6-4-5-14(19-16)8-10-20-11-15(12-20)22-3/h4-6,13,15H,7-12H2,1-3H3,(H,18,21). The highest BCUT2D eigenvalue weighted by Crippen LogP contribution is 2.11. The van der Waals surface area contributed by atoms with E-state index in [0.29, 0.717) is 24.3 Å². The van der Waals surface area contributed by atoms with Crippen LogP contribution in [0.25, 0.3) is 0 Å². The number of amides is 1. The van der Waals surface area contributed by atoms with E-state index in [2.05, 4.69) is 29.0 Å². The number of carbonyl (C=O) groups excluding carboxylic acids is 1. The Kier molecular flexibility index (Phi) is 6.34. The fourth-order valence-corrected chi connectivity index (χ4v) is 2.44. The summed E-state index contributed by atoms with van der Waals surface area (Å²) in [6, 6.07) is 5.67. The zero-order valence-electron chi connectivity index (χ0n) is 13.8. The van der Waals surface area contributed by atoms with E-state index >= 15 is 0 Å². The molecule has 1 fully saturated rings. The summed E-state index contributed by atoms with van der Waals surface area (Å²) in [6.07, 6.45) is 2.23. The first-order chi connectivity index (χ1) is 10.6. The van der Waals surface area contributed by atoms with Gasteiger partial charge in [-0.15, -0.1) is 0 Å². The predicted octanol–water partition coefficient (Wildman–Crippen LogP) is 1.73. The molecule has 0 radical (unpaired) electrons. The molecule has 122 valence electrons. The Morgan fingerprint density at radius 2 is 2.23 bits per heavy atom. The molecule has 1 aliphatic rings. The number of aromatic nitrogens is 1. The van der Waals surface area contributed by atoms with Gasteiger partial charge in [0.25, 0.3) is 5.91 Å². The van der Waals surface area contributed by atoms with Gasteiger partial charge in [-0.2, -0.15) is 0 Å². The highest BCUT2D eigenvalue weighted by atomic mass is 16.5. The van der Waals surface area contributed by atoms with Gasteiger partial charge in [0.15, 0.2) is 0 Å². The molecule has 5 nitrogen and oxygen atoms in total. The molecule has 0 atom stereocenters. The van der Waals surface area contributed by atoms with Crippen LogP contribution in [-0.2, 0) is 11.2 Å². The van der Waals surface area contributed by atoms with E-state index in [1.807, 2.05) is 12.1 Å². The van der Waals surface area contributed by atoms with Crippen molar-refractivity contribution in [1.29, 1.82) is 0 Å². The number of nitrogens with one attached hydrogen (secondary N) is 1. The first-order valence-electron chi connectivity index (χ1n) is 8.07. The summed E-state index contributed by atoms with van der Waals surface area (Å²) in [6.45, 7) is 7.95. The summed E-state index contributed by atoms with van der Waals surface area (Å²) in [5, 5.41) is 2.93. The second-order valence-electron chi connectivity index (χ2n) is 6.32. The molecule has 1 N–H and O–H groups in total. The largest absolute Gasteiger partial charge is 0.379 e. The summed E-state index contributed by atoms with van der Waals surface area (Å²) in [4.78, 5) is 18.9. The lowest BCUT2D eigenvalue weighted by molar-refractivity contribution is -0.0285. The Labute approximate surface area is 133 Å². The van der Waals surface area contributed by atoms with Crippen molar-refractivity contribution in [3.8, 4) is 0 Å². The maximum absolute atomic E-state index is 12.1. The molecule has 0 unspecified atom stereocenters. The molecule has 1 aromatic rings. The minimum absolute atomic E-state index is 0.0779. The molecule has 22 heavy (non-hydrogen) atoms. The van der Waals surface area contributed by atoms with Crippen molar-refractivity contribution < 1.29 is 9.53 Å². The number of hydrogen-bond acceptors (Lipinski definition) is 4. The number of rotatable bonds is 8. The van der Waals surface area contributed by atoms with E-state index in [4.69, 9.17) is 4.74 Å². The number of nitrogens with zero attached hydrogens (tertiary/aromatic N) is 2. The minimum atomic E-state index is -0.0779.